The Morgan fingerprint density at radius 3 is 2.70 bits per heavy atom. The molecule has 0 fully saturated rings. The number of aromatic nitrogens is 3. The number of carbonyl (C=O) groups excluding carboxylic acids is 2. The number of nitrogens with one attached hydrogen (secondary N) is 1. The minimum Gasteiger partial charge on any atom is -0.485 e. The fraction of sp³-hybridized carbons (Fsp3) is 0.333. The van der Waals surface area contributed by atoms with Gasteiger partial charge in [0.05, 0.1) is 17.9 Å². The molecule has 0 saturated heterocycles. The van der Waals surface area contributed by atoms with E-state index in [1.54, 1.807) is 24.3 Å². The van der Waals surface area contributed by atoms with Crippen LogP contribution in [-0.4, -0.2) is 39.0 Å². The summed E-state index contributed by atoms with van der Waals surface area (Å²) < 4.78 is 12.9. The van der Waals surface area contributed by atoms with Crippen LogP contribution in [0.5, 0.6) is 5.75 Å². The number of amides is 1. The zero-order valence-electron chi connectivity index (χ0n) is 19.3. The highest BCUT2D eigenvalue weighted by atomic mass is 32.2. The van der Waals surface area contributed by atoms with Crippen LogP contribution in [0.15, 0.2) is 47.6 Å². The van der Waals surface area contributed by atoms with E-state index in [1.807, 2.05) is 50.6 Å². The number of hydrogen-bond donors (Lipinski definition) is 1. The summed E-state index contributed by atoms with van der Waals surface area (Å²) in [5.41, 5.74) is 3.19. The Morgan fingerprint density at radius 2 is 1.91 bits per heavy atom. The molecule has 0 aliphatic heterocycles. The lowest BCUT2D eigenvalue weighted by atomic mass is 10.1. The second-order valence-electron chi connectivity index (χ2n) is 7.50. The van der Waals surface area contributed by atoms with E-state index >= 15 is 0 Å². The first kappa shape index (κ1) is 24.3. The molecule has 1 heterocycles. The molecule has 3 rings (SSSR count). The third-order valence-electron chi connectivity index (χ3n) is 4.99. The number of nitrogens with zero attached hydrogens (tertiary/aromatic N) is 3. The average Bonchev–Trinajstić information content (AvgIpc) is 3.16. The van der Waals surface area contributed by atoms with Crippen LogP contribution in [0.3, 0.4) is 0 Å². The zero-order valence-corrected chi connectivity index (χ0v) is 20.1. The van der Waals surface area contributed by atoms with Gasteiger partial charge in [0.15, 0.2) is 11.0 Å². The van der Waals surface area contributed by atoms with Gasteiger partial charge in [-0.15, -0.1) is 10.2 Å². The van der Waals surface area contributed by atoms with Crippen LogP contribution in [0.2, 0.25) is 0 Å². The summed E-state index contributed by atoms with van der Waals surface area (Å²) in [6, 6.07) is 12.6. The lowest BCUT2D eigenvalue weighted by Gasteiger charge is -2.10. The molecular weight excluding hydrogens is 440 g/mol. The Balaban J connectivity index is 1.53. The van der Waals surface area contributed by atoms with Crippen LogP contribution >= 0.6 is 11.8 Å². The van der Waals surface area contributed by atoms with Gasteiger partial charge in [0.25, 0.3) is 0 Å². The van der Waals surface area contributed by atoms with Crippen LogP contribution in [0.25, 0.3) is 0 Å². The Hall–Kier alpha value is -3.33. The van der Waals surface area contributed by atoms with Gasteiger partial charge in [0, 0.05) is 12.7 Å². The topological polar surface area (TPSA) is 95.3 Å². The molecule has 0 unspecified atom stereocenters. The summed E-state index contributed by atoms with van der Waals surface area (Å²) in [4.78, 5) is 24.4. The molecule has 0 aliphatic carbocycles. The van der Waals surface area contributed by atoms with E-state index in [-0.39, 0.29) is 18.3 Å². The van der Waals surface area contributed by atoms with Gasteiger partial charge in [0.1, 0.15) is 12.4 Å². The minimum atomic E-state index is -0.406. The maximum absolute atomic E-state index is 12.4. The molecule has 0 atom stereocenters. The van der Waals surface area contributed by atoms with E-state index in [2.05, 4.69) is 15.5 Å². The summed E-state index contributed by atoms with van der Waals surface area (Å²) in [5.74, 6) is 1.01. The van der Waals surface area contributed by atoms with Crippen molar-refractivity contribution in [3.63, 3.8) is 0 Å². The Kier molecular flexibility index (Phi) is 8.48. The number of esters is 1. The molecule has 33 heavy (non-hydrogen) atoms. The molecular formula is C24H28N4O4S. The molecule has 9 heteroatoms. The summed E-state index contributed by atoms with van der Waals surface area (Å²) in [6.07, 6.45) is 0.751. The summed E-state index contributed by atoms with van der Waals surface area (Å²) >= 11 is 1.27. The first-order chi connectivity index (χ1) is 15.9. The number of thioether (sulfide) groups is 1. The van der Waals surface area contributed by atoms with Crippen molar-refractivity contribution in [3.8, 4) is 5.75 Å². The first-order valence-corrected chi connectivity index (χ1v) is 11.6. The van der Waals surface area contributed by atoms with Gasteiger partial charge in [-0.1, -0.05) is 36.9 Å². The van der Waals surface area contributed by atoms with Crippen LogP contribution in [0, 0.1) is 13.8 Å². The van der Waals surface area contributed by atoms with E-state index in [1.165, 1.54) is 11.8 Å². The molecule has 2 aromatic carbocycles. The highest BCUT2D eigenvalue weighted by molar-refractivity contribution is 7.99. The molecule has 0 radical (unpaired) electrons. The second kappa shape index (κ2) is 11.5. The van der Waals surface area contributed by atoms with Gasteiger partial charge in [-0.3, -0.25) is 4.79 Å². The average molecular weight is 469 g/mol. The van der Waals surface area contributed by atoms with Gasteiger partial charge in [-0.2, -0.15) is 0 Å². The maximum Gasteiger partial charge on any atom is 0.338 e. The molecule has 1 N–H and O–H groups in total. The van der Waals surface area contributed by atoms with Gasteiger partial charge < -0.3 is 19.4 Å². The van der Waals surface area contributed by atoms with E-state index in [9.17, 15) is 9.59 Å². The molecule has 174 valence electrons. The number of benzene rings is 2. The Labute approximate surface area is 197 Å². The van der Waals surface area contributed by atoms with Gasteiger partial charge in [0.2, 0.25) is 5.91 Å². The van der Waals surface area contributed by atoms with E-state index in [0.717, 1.165) is 23.3 Å². The van der Waals surface area contributed by atoms with Crippen LogP contribution < -0.4 is 10.1 Å². The zero-order chi connectivity index (χ0) is 23.8. The van der Waals surface area contributed by atoms with E-state index < -0.39 is 5.97 Å². The molecule has 1 aromatic heterocycles. The minimum absolute atomic E-state index is 0.147. The number of anilines is 1. The van der Waals surface area contributed by atoms with Gasteiger partial charge >= 0.3 is 5.97 Å². The molecule has 0 bridgehead atoms. The predicted octanol–water partition coefficient (Wildman–Crippen LogP) is 4.31. The maximum atomic E-state index is 12.4. The van der Waals surface area contributed by atoms with Gasteiger partial charge in [-0.25, -0.2) is 4.79 Å². The van der Waals surface area contributed by atoms with Crippen molar-refractivity contribution < 1.29 is 19.1 Å². The van der Waals surface area contributed by atoms with Crippen molar-refractivity contribution >= 4 is 29.3 Å². The third-order valence-corrected chi connectivity index (χ3v) is 6.01. The standard InChI is InChI=1S/C24H28N4O4S/c1-5-12-31-23(30)18-9-7-10-19(13-18)25-22(29)15-33-24-27-26-21(28(24)4)14-32-20-11-6-8-16(2)17(20)3/h6-11,13H,5,12,14-15H2,1-4H3,(H,25,29). The lowest BCUT2D eigenvalue weighted by Crippen LogP contribution is -2.15. The smallest absolute Gasteiger partial charge is 0.338 e. The Bertz CT molecular complexity index is 1130. The summed E-state index contributed by atoms with van der Waals surface area (Å²) in [5, 5.41) is 11.8. The van der Waals surface area contributed by atoms with Crippen LogP contribution in [0.4, 0.5) is 5.69 Å². The molecule has 0 aliphatic rings. The van der Waals surface area contributed by atoms with Crippen molar-refractivity contribution in [2.24, 2.45) is 7.05 Å². The highest BCUT2D eigenvalue weighted by Gasteiger charge is 2.14. The number of hydrogen-bond acceptors (Lipinski definition) is 7. The van der Waals surface area contributed by atoms with Crippen LogP contribution in [-0.2, 0) is 23.2 Å². The molecule has 3 aromatic rings. The quantitative estimate of drug-likeness (QED) is 0.350. The van der Waals surface area contributed by atoms with Crippen molar-refractivity contribution in [2.45, 2.75) is 39.0 Å². The molecule has 1 amide bonds. The molecule has 0 spiro atoms. The molecule has 8 nitrogen and oxygen atoms in total. The SMILES string of the molecule is CCCOC(=O)c1cccc(NC(=O)CSc2nnc(COc3cccc(C)c3C)n2C)c1. The fourth-order valence-electron chi connectivity index (χ4n) is 2.95. The Morgan fingerprint density at radius 1 is 1.12 bits per heavy atom. The van der Waals surface area contributed by atoms with Crippen molar-refractivity contribution in [2.75, 3.05) is 17.7 Å². The lowest BCUT2D eigenvalue weighted by molar-refractivity contribution is -0.113. The fourth-order valence-corrected chi connectivity index (χ4v) is 3.68. The first-order valence-electron chi connectivity index (χ1n) is 10.7. The number of ether oxygens (including phenoxy) is 2. The predicted molar refractivity (Wildman–Crippen MR) is 128 cm³/mol. The number of carbonyl (C=O) groups is 2. The van der Waals surface area contributed by atoms with E-state index in [0.29, 0.717) is 28.8 Å². The van der Waals surface area contributed by atoms with Crippen LogP contribution in [0.1, 0.15) is 40.7 Å². The highest BCUT2D eigenvalue weighted by Crippen LogP contribution is 2.22. The second-order valence-corrected chi connectivity index (χ2v) is 8.44. The van der Waals surface area contributed by atoms with Crippen molar-refractivity contribution in [1.82, 2.24) is 14.8 Å². The third kappa shape index (κ3) is 6.58. The van der Waals surface area contributed by atoms with Crippen molar-refractivity contribution in [1.29, 1.82) is 0 Å². The van der Waals surface area contributed by atoms with E-state index in [4.69, 9.17) is 9.47 Å². The molecule has 0 saturated carbocycles. The largest absolute Gasteiger partial charge is 0.485 e. The number of rotatable bonds is 10. The summed E-state index contributed by atoms with van der Waals surface area (Å²) in [7, 11) is 1.84. The monoisotopic (exact) mass is 468 g/mol. The number of aryl methyl sites for hydroxylation is 1. The van der Waals surface area contributed by atoms with Gasteiger partial charge in [-0.05, 0) is 55.7 Å². The summed E-state index contributed by atoms with van der Waals surface area (Å²) in [6.45, 7) is 6.63. The normalized spacial score (nSPS) is 10.7. The van der Waals surface area contributed by atoms with Crippen molar-refractivity contribution in [3.05, 3.63) is 65.0 Å².